The number of hydrogen-bond donors (Lipinski definition) is 0. The number of nitrogens with zero attached hydrogens (tertiary/aromatic N) is 3. The van der Waals surface area contributed by atoms with Crippen molar-refractivity contribution < 1.29 is 37.8 Å². The molecule has 10 nitrogen and oxygen atoms in total. The molecule has 0 saturated carbocycles. The lowest BCUT2D eigenvalue weighted by molar-refractivity contribution is -0.121. The molecule has 1 atom stereocenters. The average molecular weight is 702 g/mol. The van der Waals surface area contributed by atoms with Gasteiger partial charge < -0.3 is 14.2 Å². The van der Waals surface area contributed by atoms with Crippen LogP contribution in [0.25, 0.3) is 22.4 Å². The Labute approximate surface area is 296 Å². The molecule has 1 aliphatic rings. The van der Waals surface area contributed by atoms with Crippen molar-refractivity contribution in [2.75, 3.05) is 25.7 Å². The summed E-state index contributed by atoms with van der Waals surface area (Å²) in [4.78, 5) is 57.8. The first kappa shape index (κ1) is 34.5. The molecule has 0 aliphatic carbocycles. The Balaban J connectivity index is 1.25. The maximum absolute atomic E-state index is 13.8. The van der Waals surface area contributed by atoms with Gasteiger partial charge in [0.05, 0.1) is 42.0 Å². The number of rotatable bonds is 11. The summed E-state index contributed by atoms with van der Waals surface area (Å²) in [5, 5.41) is 9.80. The summed E-state index contributed by atoms with van der Waals surface area (Å²) in [5.41, 5.74) is 3.15. The van der Waals surface area contributed by atoms with Crippen molar-refractivity contribution in [2.24, 2.45) is 0 Å². The van der Waals surface area contributed by atoms with Gasteiger partial charge in [0.1, 0.15) is 16.9 Å². The Hall–Kier alpha value is -6.32. The van der Waals surface area contributed by atoms with Crippen LogP contribution in [0.2, 0.25) is 0 Å². The minimum atomic E-state index is -0.898. The minimum Gasteiger partial charge on any atom is -0.493 e. The Kier molecular flexibility index (Phi) is 10.2. The maximum atomic E-state index is 13.8. The van der Waals surface area contributed by atoms with Crippen LogP contribution >= 0.6 is 11.8 Å². The number of esters is 1. The molecule has 1 aliphatic heterocycles. The molecule has 6 rings (SSSR count). The number of aromatic nitrogens is 1. The highest BCUT2D eigenvalue weighted by Crippen LogP contribution is 2.44. The molecule has 5 aromatic rings. The van der Waals surface area contributed by atoms with Gasteiger partial charge in [-0.15, -0.1) is 0 Å². The third kappa shape index (κ3) is 7.20. The lowest BCUT2D eigenvalue weighted by Crippen LogP contribution is -2.31. The molecule has 0 spiro atoms. The van der Waals surface area contributed by atoms with Crippen LogP contribution in [0, 0.1) is 17.1 Å². The normalized spacial score (nSPS) is 13.8. The van der Waals surface area contributed by atoms with Crippen LogP contribution in [-0.4, -0.2) is 54.6 Å². The molecule has 4 aromatic carbocycles. The number of Topliss-reactive ketones (excluding diaryl/α,β-unsaturated/α-hetero) is 1. The number of halogens is 1. The molecule has 1 fully saturated rings. The van der Waals surface area contributed by atoms with E-state index in [1.54, 1.807) is 24.3 Å². The molecule has 2 heterocycles. The molecule has 0 radical (unpaired) electrons. The van der Waals surface area contributed by atoms with Gasteiger partial charge in [-0.05, 0) is 60.7 Å². The standard InChI is InChI=1S/C39H28FN3O7S/c1-48-33-10-6-9-28(36(33)49-2)29-19-31(23-7-4-3-5-8-23)42-37(30(29)21-41)51-34-20-35(45)43(38(34)46)27-17-13-25(14-18-27)39(47)50-22-32(44)24-11-15-26(40)16-12-24/h3-19,34H,20,22H2,1-2H3. The fourth-order valence-corrected chi connectivity index (χ4v) is 6.69. The molecule has 51 heavy (non-hydrogen) atoms. The number of thioether (sulfide) groups is 1. The van der Waals surface area contributed by atoms with Crippen LogP contribution in [0.15, 0.2) is 108 Å². The SMILES string of the molecule is COc1cccc(-c2cc(-c3ccccc3)nc(SC3CC(=O)N(c4ccc(C(=O)OCC(=O)c5ccc(F)cc5)cc4)C3=O)c2C#N)c1OC. The van der Waals surface area contributed by atoms with Crippen molar-refractivity contribution >= 4 is 41.0 Å². The number of anilines is 1. The van der Waals surface area contributed by atoms with Gasteiger partial charge in [-0.25, -0.2) is 19.1 Å². The number of carbonyl (C=O) groups is 4. The fraction of sp³-hybridized carbons (Fsp3) is 0.128. The predicted molar refractivity (Wildman–Crippen MR) is 187 cm³/mol. The number of methoxy groups -OCH3 is 2. The summed E-state index contributed by atoms with van der Waals surface area (Å²) in [6.07, 6.45) is -0.154. The van der Waals surface area contributed by atoms with Crippen LogP contribution in [0.1, 0.15) is 32.7 Å². The lowest BCUT2D eigenvalue weighted by atomic mass is 9.98. The van der Waals surface area contributed by atoms with E-state index in [4.69, 9.17) is 19.2 Å². The smallest absolute Gasteiger partial charge is 0.338 e. The number of para-hydroxylation sites is 1. The van der Waals surface area contributed by atoms with Crippen molar-refractivity contribution in [2.45, 2.75) is 16.7 Å². The van der Waals surface area contributed by atoms with E-state index in [1.807, 2.05) is 30.3 Å². The van der Waals surface area contributed by atoms with Crippen LogP contribution in [0.4, 0.5) is 10.1 Å². The van der Waals surface area contributed by atoms with Crippen LogP contribution in [-0.2, 0) is 14.3 Å². The fourth-order valence-electron chi connectivity index (χ4n) is 5.57. The monoisotopic (exact) mass is 701 g/mol. The number of imide groups is 1. The molecule has 0 bridgehead atoms. The number of nitriles is 1. The number of benzene rings is 4. The predicted octanol–water partition coefficient (Wildman–Crippen LogP) is 6.91. The average Bonchev–Trinajstić information content (AvgIpc) is 3.44. The van der Waals surface area contributed by atoms with Crippen molar-refractivity contribution in [1.29, 1.82) is 5.26 Å². The van der Waals surface area contributed by atoms with Gasteiger partial charge in [0.15, 0.2) is 23.9 Å². The van der Waals surface area contributed by atoms with E-state index in [2.05, 4.69) is 6.07 Å². The lowest BCUT2D eigenvalue weighted by Gasteiger charge is -2.18. The zero-order chi connectivity index (χ0) is 36.1. The first-order chi connectivity index (χ1) is 24.7. The largest absolute Gasteiger partial charge is 0.493 e. The van der Waals surface area contributed by atoms with E-state index in [0.29, 0.717) is 28.3 Å². The van der Waals surface area contributed by atoms with E-state index in [9.17, 15) is 28.8 Å². The summed E-state index contributed by atoms with van der Waals surface area (Å²) < 4.78 is 29.5. The minimum absolute atomic E-state index is 0.0942. The third-order valence-corrected chi connectivity index (χ3v) is 9.25. The molecule has 2 amide bonds. The summed E-state index contributed by atoms with van der Waals surface area (Å²) in [7, 11) is 3.02. The van der Waals surface area contributed by atoms with E-state index in [1.165, 1.54) is 50.6 Å². The highest BCUT2D eigenvalue weighted by Gasteiger charge is 2.41. The van der Waals surface area contributed by atoms with E-state index in [0.717, 1.165) is 34.4 Å². The first-order valence-corrected chi connectivity index (χ1v) is 16.4. The highest BCUT2D eigenvalue weighted by molar-refractivity contribution is 8.00. The molecule has 1 unspecified atom stereocenters. The molecule has 254 valence electrons. The second-order valence-corrected chi connectivity index (χ2v) is 12.4. The van der Waals surface area contributed by atoms with Gasteiger partial charge in [0.2, 0.25) is 11.8 Å². The van der Waals surface area contributed by atoms with Gasteiger partial charge in [-0.3, -0.25) is 14.4 Å². The van der Waals surface area contributed by atoms with Crippen LogP contribution in [0.5, 0.6) is 11.5 Å². The van der Waals surface area contributed by atoms with Gasteiger partial charge in [-0.2, -0.15) is 5.26 Å². The van der Waals surface area contributed by atoms with Crippen LogP contribution in [0.3, 0.4) is 0 Å². The Morgan fingerprint density at radius 1 is 0.902 bits per heavy atom. The zero-order valence-electron chi connectivity index (χ0n) is 27.3. The Morgan fingerprint density at radius 2 is 1.61 bits per heavy atom. The first-order valence-electron chi connectivity index (χ1n) is 15.5. The number of carbonyl (C=O) groups excluding carboxylic acids is 4. The quantitative estimate of drug-likeness (QED) is 0.0812. The number of amides is 2. The molecule has 0 N–H and O–H groups in total. The van der Waals surface area contributed by atoms with E-state index in [-0.39, 0.29) is 33.8 Å². The van der Waals surface area contributed by atoms with Crippen molar-refractivity contribution in [3.05, 3.63) is 126 Å². The molecule has 1 saturated heterocycles. The number of hydrogen-bond acceptors (Lipinski definition) is 10. The van der Waals surface area contributed by atoms with Crippen molar-refractivity contribution in [3.8, 4) is 40.0 Å². The van der Waals surface area contributed by atoms with Gasteiger partial charge in [-0.1, -0.05) is 54.2 Å². The number of ketones is 1. The number of pyridine rings is 1. The summed E-state index contributed by atoms with van der Waals surface area (Å²) in [5.74, 6) is -1.88. The number of ether oxygens (including phenoxy) is 3. The molecular formula is C39H28FN3O7S. The molecular weight excluding hydrogens is 674 g/mol. The summed E-state index contributed by atoms with van der Waals surface area (Å²) >= 11 is 1.03. The van der Waals surface area contributed by atoms with Crippen molar-refractivity contribution in [3.63, 3.8) is 0 Å². The van der Waals surface area contributed by atoms with Gasteiger partial charge in [0.25, 0.3) is 0 Å². The Bertz CT molecular complexity index is 2190. The molecule has 1 aromatic heterocycles. The maximum Gasteiger partial charge on any atom is 0.338 e. The topological polar surface area (TPSA) is 136 Å². The van der Waals surface area contributed by atoms with Gasteiger partial charge in [0, 0.05) is 28.7 Å². The summed E-state index contributed by atoms with van der Waals surface area (Å²) in [6.45, 7) is -0.551. The third-order valence-electron chi connectivity index (χ3n) is 8.08. The molecule has 12 heteroatoms. The van der Waals surface area contributed by atoms with E-state index >= 15 is 0 Å². The highest BCUT2D eigenvalue weighted by atomic mass is 32.2. The van der Waals surface area contributed by atoms with Gasteiger partial charge >= 0.3 is 5.97 Å². The second-order valence-electron chi connectivity index (χ2n) is 11.2. The van der Waals surface area contributed by atoms with Crippen molar-refractivity contribution in [1.82, 2.24) is 4.98 Å². The summed E-state index contributed by atoms with van der Waals surface area (Å²) in [6, 6.07) is 29.2. The zero-order valence-corrected chi connectivity index (χ0v) is 28.1. The second kappa shape index (κ2) is 15.1. The Morgan fingerprint density at radius 3 is 2.27 bits per heavy atom. The van der Waals surface area contributed by atoms with Crippen LogP contribution < -0.4 is 14.4 Å². The van der Waals surface area contributed by atoms with E-state index < -0.39 is 41.2 Å².